The summed E-state index contributed by atoms with van der Waals surface area (Å²) in [5.74, 6) is 0. The first kappa shape index (κ1) is 13.3. The summed E-state index contributed by atoms with van der Waals surface area (Å²) in [6.07, 6.45) is 5.45. The van der Waals surface area contributed by atoms with Crippen molar-refractivity contribution in [1.29, 1.82) is 0 Å². The molecule has 94 valence electrons. The van der Waals surface area contributed by atoms with Crippen LogP contribution in [0.2, 0.25) is 5.02 Å². The van der Waals surface area contributed by atoms with Crippen LogP contribution in [0.1, 0.15) is 38.2 Å². The molecule has 1 aromatic rings. The van der Waals surface area contributed by atoms with Crippen LogP contribution in [-0.2, 0) is 6.54 Å². The molecule has 0 aromatic heterocycles. The Morgan fingerprint density at radius 2 is 2.12 bits per heavy atom. The van der Waals surface area contributed by atoms with Crippen LogP contribution in [0.15, 0.2) is 23.1 Å². The van der Waals surface area contributed by atoms with Gasteiger partial charge in [0.25, 0.3) is 0 Å². The van der Waals surface area contributed by atoms with Crippen molar-refractivity contribution in [1.82, 2.24) is 5.32 Å². The Bertz CT molecular complexity index is 361. The molecule has 1 aliphatic rings. The molecule has 0 amide bonds. The zero-order valence-electron chi connectivity index (χ0n) is 10.3. The summed E-state index contributed by atoms with van der Waals surface area (Å²) >= 11 is 8.32. The number of thioether (sulfide) groups is 1. The first-order valence-electron chi connectivity index (χ1n) is 6.46. The summed E-state index contributed by atoms with van der Waals surface area (Å²) in [6, 6.07) is 6.24. The van der Waals surface area contributed by atoms with Gasteiger partial charge in [-0.2, -0.15) is 0 Å². The molecule has 0 atom stereocenters. The van der Waals surface area contributed by atoms with Crippen molar-refractivity contribution in [2.75, 3.05) is 6.54 Å². The van der Waals surface area contributed by atoms with Gasteiger partial charge in [0.2, 0.25) is 0 Å². The van der Waals surface area contributed by atoms with Crippen molar-refractivity contribution in [3.8, 4) is 0 Å². The van der Waals surface area contributed by atoms with Crippen LogP contribution in [0, 0.1) is 0 Å². The van der Waals surface area contributed by atoms with Crippen LogP contribution in [0.5, 0.6) is 0 Å². The molecule has 1 aliphatic carbocycles. The van der Waals surface area contributed by atoms with E-state index < -0.39 is 0 Å². The maximum Gasteiger partial charge on any atom is 0.0545 e. The number of hydrogen-bond donors (Lipinski definition) is 1. The van der Waals surface area contributed by atoms with Gasteiger partial charge in [0, 0.05) is 16.7 Å². The molecule has 1 nitrogen and oxygen atoms in total. The van der Waals surface area contributed by atoms with Crippen molar-refractivity contribution in [2.45, 2.75) is 49.3 Å². The van der Waals surface area contributed by atoms with Gasteiger partial charge in [-0.3, -0.25) is 0 Å². The monoisotopic (exact) mass is 269 g/mol. The molecule has 1 aromatic carbocycles. The van der Waals surface area contributed by atoms with Crippen LogP contribution in [0.25, 0.3) is 0 Å². The zero-order chi connectivity index (χ0) is 12.1. The minimum Gasteiger partial charge on any atom is -0.313 e. The van der Waals surface area contributed by atoms with E-state index in [0.717, 1.165) is 23.4 Å². The van der Waals surface area contributed by atoms with Crippen LogP contribution in [-0.4, -0.2) is 11.8 Å². The third kappa shape index (κ3) is 3.64. The van der Waals surface area contributed by atoms with E-state index in [1.165, 1.54) is 36.1 Å². The molecule has 0 heterocycles. The fraction of sp³-hybridized carbons (Fsp3) is 0.571. The lowest BCUT2D eigenvalue weighted by Gasteiger charge is -2.15. The second-order valence-corrected chi connectivity index (χ2v) is 6.25. The molecule has 17 heavy (non-hydrogen) atoms. The average molecular weight is 270 g/mol. The number of rotatable bonds is 5. The average Bonchev–Trinajstić information content (AvgIpc) is 2.83. The highest BCUT2D eigenvalue weighted by atomic mass is 35.5. The summed E-state index contributed by atoms with van der Waals surface area (Å²) in [6.45, 7) is 4.06. The predicted octanol–water partition coefficient (Wildman–Crippen LogP) is 4.48. The number of hydrogen-bond acceptors (Lipinski definition) is 2. The molecule has 3 heteroatoms. The van der Waals surface area contributed by atoms with Gasteiger partial charge < -0.3 is 5.32 Å². The quantitative estimate of drug-likeness (QED) is 0.846. The molecule has 0 bridgehead atoms. The van der Waals surface area contributed by atoms with Crippen LogP contribution >= 0.6 is 23.4 Å². The molecule has 0 radical (unpaired) electrons. The van der Waals surface area contributed by atoms with E-state index in [-0.39, 0.29) is 0 Å². The van der Waals surface area contributed by atoms with E-state index in [9.17, 15) is 0 Å². The van der Waals surface area contributed by atoms with E-state index in [0.29, 0.717) is 0 Å². The zero-order valence-corrected chi connectivity index (χ0v) is 11.9. The van der Waals surface area contributed by atoms with Crippen LogP contribution in [0.4, 0.5) is 0 Å². The van der Waals surface area contributed by atoms with E-state index in [1.807, 2.05) is 23.9 Å². The van der Waals surface area contributed by atoms with Gasteiger partial charge in [-0.05, 0) is 31.0 Å². The highest BCUT2D eigenvalue weighted by molar-refractivity contribution is 8.00. The summed E-state index contributed by atoms with van der Waals surface area (Å²) in [7, 11) is 0. The van der Waals surface area contributed by atoms with Gasteiger partial charge in [0.05, 0.1) is 5.02 Å². The van der Waals surface area contributed by atoms with Gasteiger partial charge in [-0.15, -0.1) is 11.8 Å². The Hall–Kier alpha value is -0.180. The first-order chi connectivity index (χ1) is 8.31. The van der Waals surface area contributed by atoms with Gasteiger partial charge >= 0.3 is 0 Å². The lowest BCUT2D eigenvalue weighted by molar-refractivity contribution is 0.717. The predicted molar refractivity (Wildman–Crippen MR) is 76.9 cm³/mol. The van der Waals surface area contributed by atoms with Crippen molar-refractivity contribution in [3.05, 3.63) is 28.8 Å². The molecule has 0 saturated heterocycles. The second-order valence-electron chi connectivity index (χ2n) is 4.53. The Morgan fingerprint density at radius 1 is 1.35 bits per heavy atom. The Balaban J connectivity index is 2.11. The molecule has 0 spiro atoms. The molecular weight excluding hydrogens is 250 g/mol. The summed E-state index contributed by atoms with van der Waals surface area (Å²) in [5.41, 5.74) is 1.34. The highest BCUT2D eigenvalue weighted by Crippen LogP contribution is 2.39. The lowest BCUT2D eigenvalue weighted by atomic mass is 10.2. The Morgan fingerprint density at radius 3 is 2.82 bits per heavy atom. The fourth-order valence-electron chi connectivity index (χ4n) is 2.26. The van der Waals surface area contributed by atoms with Gasteiger partial charge in [0.15, 0.2) is 0 Å². The molecular formula is C14H20ClNS. The molecule has 1 saturated carbocycles. The third-order valence-corrected chi connectivity index (χ3v) is 5.15. The van der Waals surface area contributed by atoms with Crippen molar-refractivity contribution in [3.63, 3.8) is 0 Å². The number of benzene rings is 1. The largest absolute Gasteiger partial charge is 0.313 e. The lowest BCUT2D eigenvalue weighted by Crippen LogP contribution is -2.12. The summed E-state index contributed by atoms with van der Waals surface area (Å²) < 4.78 is 0. The smallest absolute Gasteiger partial charge is 0.0545 e. The maximum absolute atomic E-state index is 6.34. The third-order valence-electron chi connectivity index (χ3n) is 3.20. The summed E-state index contributed by atoms with van der Waals surface area (Å²) in [4.78, 5) is 1.29. The Labute approximate surface area is 113 Å². The van der Waals surface area contributed by atoms with Crippen molar-refractivity contribution in [2.24, 2.45) is 0 Å². The first-order valence-corrected chi connectivity index (χ1v) is 7.71. The SMILES string of the molecule is CCNCc1cccc(Cl)c1SC1CCCC1. The normalized spacial score (nSPS) is 16.6. The highest BCUT2D eigenvalue weighted by Gasteiger charge is 2.19. The van der Waals surface area contributed by atoms with Crippen LogP contribution < -0.4 is 5.32 Å². The maximum atomic E-state index is 6.34. The molecule has 1 N–H and O–H groups in total. The minimum absolute atomic E-state index is 0.773. The second kappa shape index (κ2) is 6.67. The molecule has 0 unspecified atom stereocenters. The van der Waals surface area contributed by atoms with E-state index in [2.05, 4.69) is 18.3 Å². The van der Waals surface area contributed by atoms with E-state index in [1.54, 1.807) is 0 Å². The molecule has 2 rings (SSSR count). The summed E-state index contributed by atoms with van der Waals surface area (Å²) in [5, 5.41) is 5.07. The van der Waals surface area contributed by atoms with Gasteiger partial charge in [0.1, 0.15) is 0 Å². The van der Waals surface area contributed by atoms with E-state index in [4.69, 9.17) is 11.6 Å². The standard InChI is InChI=1S/C14H20ClNS/c1-2-16-10-11-6-5-9-13(15)14(11)17-12-7-3-4-8-12/h5-6,9,12,16H,2-4,7-8,10H2,1H3. The topological polar surface area (TPSA) is 12.0 Å². The Kier molecular flexibility index (Phi) is 5.20. The van der Waals surface area contributed by atoms with Crippen molar-refractivity contribution >= 4 is 23.4 Å². The number of nitrogens with one attached hydrogen (secondary N) is 1. The van der Waals surface area contributed by atoms with Crippen molar-refractivity contribution < 1.29 is 0 Å². The van der Waals surface area contributed by atoms with E-state index >= 15 is 0 Å². The minimum atomic E-state index is 0.773. The van der Waals surface area contributed by atoms with Gasteiger partial charge in [-0.1, -0.05) is 43.5 Å². The molecule has 1 fully saturated rings. The fourth-order valence-corrected chi connectivity index (χ4v) is 3.96. The van der Waals surface area contributed by atoms with Gasteiger partial charge in [-0.25, -0.2) is 0 Å². The van der Waals surface area contributed by atoms with Crippen LogP contribution in [0.3, 0.4) is 0 Å². The number of halogens is 1. The molecule has 0 aliphatic heterocycles.